The van der Waals surface area contributed by atoms with Crippen molar-refractivity contribution in [2.45, 2.75) is 26.3 Å². The lowest BCUT2D eigenvalue weighted by Crippen LogP contribution is -2.32. The zero-order chi connectivity index (χ0) is 17.1. The lowest BCUT2D eigenvalue weighted by atomic mass is 10.0. The van der Waals surface area contributed by atoms with Gasteiger partial charge in [0.25, 0.3) is 5.69 Å². The summed E-state index contributed by atoms with van der Waals surface area (Å²) in [6.07, 6.45) is 2.52. The van der Waals surface area contributed by atoms with Crippen LogP contribution >= 0.6 is 0 Å². The minimum absolute atomic E-state index is 0.0198. The molecule has 124 valence electrons. The number of nitrogens with zero attached hydrogens (tertiary/aromatic N) is 3. The number of Topliss-reactive ketones (excluding diaryl/α,β-unsaturated/α-hetero) is 1. The highest BCUT2D eigenvalue weighted by atomic mass is 16.6. The third-order valence-corrected chi connectivity index (χ3v) is 4.34. The van der Waals surface area contributed by atoms with E-state index in [1.165, 1.54) is 6.20 Å². The lowest BCUT2D eigenvalue weighted by molar-refractivity contribution is -0.385. The summed E-state index contributed by atoms with van der Waals surface area (Å²) in [5.74, 6) is 0.123. The molecule has 6 nitrogen and oxygen atoms in total. The molecule has 3 rings (SSSR count). The SMILES string of the molecule is Cc1ccc(C(=O)CCN2CCc3ncc([N+](=O)[O-])cc3C2)cc1. The van der Waals surface area contributed by atoms with E-state index in [-0.39, 0.29) is 11.5 Å². The van der Waals surface area contributed by atoms with Crippen molar-refractivity contribution in [2.75, 3.05) is 13.1 Å². The second kappa shape index (κ2) is 6.88. The Morgan fingerprint density at radius 1 is 1.33 bits per heavy atom. The molecule has 0 radical (unpaired) electrons. The molecule has 0 unspecified atom stereocenters. The summed E-state index contributed by atoms with van der Waals surface area (Å²) in [5.41, 5.74) is 3.69. The van der Waals surface area contributed by atoms with Crippen LogP contribution in [0.25, 0.3) is 0 Å². The van der Waals surface area contributed by atoms with Crippen LogP contribution in [0.2, 0.25) is 0 Å². The van der Waals surface area contributed by atoms with Gasteiger partial charge >= 0.3 is 0 Å². The Morgan fingerprint density at radius 2 is 2.08 bits per heavy atom. The van der Waals surface area contributed by atoms with Crippen LogP contribution in [0.15, 0.2) is 36.5 Å². The zero-order valence-corrected chi connectivity index (χ0v) is 13.6. The number of ketones is 1. The van der Waals surface area contributed by atoms with E-state index in [1.54, 1.807) is 6.07 Å². The largest absolute Gasteiger partial charge is 0.298 e. The zero-order valence-electron chi connectivity index (χ0n) is 13.6. The first-order valence-corrected chi connectivity index (χ1v) is 7.97. The second-order valence-electron chi connectivity index (χ2n) is 6.12. The van der Waals surface area contributed by atoms with Gasteiger partial charge in [-0.05, 0) is 12.5 Å². The molecule has 2 heterocycles. The van der Waals surface area contributed by atoms with Gasteiger partial charge in [0, 0.05) is 49.8 Å². The van der Waals surface area contributed by atoms with E-state index in [9.17, 15) is 14.9 Å². The van der Waals surface area contributed by atoms with Crippen molar-refractivity contribution in [3.63, 3.8) is 0 Å². The minimum Gasteiger partial charge on any atom is -0.298 e. The molecule has 0 saturated carbocycles. The summed E-state index contributed by atoms with van der Waals surface area (Å²) in [4.78, 5) is 29.1. The molecular weight excluding hydrogens is 306 g/mol. The molecule has 6 heteroatoms. The van der Waals surface area contributed by atoms with Crippen LogP contribution in [0.3, 0.4) is 0 Å². The van der Waals surface area contributed by atoms with Gasteiger partial charge in [-0.1, -0.05) is 29.8 Å². The molecule has 0 atom stereocenters. The van der Waals surface area contributed by atoms with Gasteiger partial charge in [0.15, 0.2) is 5.78 Å². The summed E-state index contributed by atoms with van der Waals surface area (Å²) < 4.78 is 0. The number of hydrogen-bond acceptors (Lipinski definition) is 5. The van der Waals surface area contributed by atoms with Crippen LogP contribution in [-0.4, -0.2) is 33.7 Å². The summed E-state index contributed by atoms with van der Waals surface area (Å²) in [7, 11) is 0. The van der Waals surface area contributed by atoms with Crippen LogP contribution in [0, 0.1) is 17.0 Å². The van der Waals surface area contributed by atoms with E-state index in [4.69, 9.17) is 0 Å². The first-order chi connectivity index (χ1) is 11.5. The Hall–Kier alpha value is -2.60. The number of aryl methyl sites for hydroxylation is 1. The molecule has 1 aromatic heterocycles. The highest BCUT2D eigenvalue weighted by molar-refractivity contribution is 5.96. The summed E-state index contributed by atoms with van der Waals surface area (Å²) in [6, 6.07) is 9.19. The number of nitro groups is 1. The molecule has 2 aromatic rings. The van der Waals surface area contributed by atoms with Crippen LogP contribution < -0.4 is 0 Å². The molecule has 0 spiro atoms. The molecule has 1 aliphatic rings. The maximum Gasteiger partial charge on any atom is 0.287 e. The van der Waals surface area contributed by atoms with Crippen molar-refractivity contribution < 1.29 is 9.72 Å². The molecule has 0 fully saturated rings. The molecule has 0 bridgehead atoms. The van der Waals surface area contributed by atoms with E-state index in [0.717, 1.165) is 35.3 Å². The topological polar surface area (TPSA) is 76.3 Å². The van der Waals surface area contributed by atoms with E-state index >= 15 is 0 Å². The quantitative estimate of drug-likeness (QED) is 0.480. The number of pyridine rings is 1. The third kappa shape index (κ3) is 3.65. The van der Waals surface area contributed by atoms with E-state index < -0.39 is 4.92 Å². The van der Waals surface area contributed by atoms with Crippen molar-refractivity contribution in [3.8, 4) is 0 Å². The number of carbonyl (C=O) groups excluding carboxylic acids is 1. The van der Waals surface area contributed by atoms with Gasteiger partial charge in [-0.15, -0.1) is 0 Å². The average Bonchev–Trinajstić information content (AvgIpc) is 2.59. The Bertz CT molecular complexity index is 772. The average molecular weight is 325 g/mol. The van der Waals surface area contributed by atoms with Crippen LogP contribution in [0.4, 0.5) is 5.69 Å². The third-order valence-electron chi connectivity index (χ3n) is 4.34. The van der Waals surface area contributed by atoms with Gasteiger partial charge in [-0.25, -0.2) is 0 Å². The van der Waals surface area contributed by atoms with E-state index in [2.05, 4.69) is 9.88 Å². The number of rotatable bonds is 5. The van der Waals surface area contributed by atoms with E-state index in [0.29, 0.717) is 19.5 Å². The van der Waals surface area contributed by atoms with Crippen LogP contribution in [0.5, 0.6) is 0 Å². The van der Waals surface area contributed by atoms with Crippen molar-refractivity contribution in [1.29, 1.82) is 0 Å². The Kier molecular flexibility index (Phi) is 4.66. The first-order valence-electron chi connectivity index (χ1n) is 7.97. The lowest BCUT2D eigenvalue weighted by Gasteiger charge is -2.27. The highest BCUT2D eigenvalue weighted by Crippen LogP contribution is 2.21. The van der Waals surface area contributed by atoms with Crippen LogP contribution in [-0.2, 0) is 13.0 Å². The number of hydrogen-bond donors (Lipinski definition) is 0. The van der Waals surface area contributed by atoms with Crippen molar-refractivity contribution in [3.05, 3.63) is 69.0 Å². The molecule has 0 N–H and O–H groups in total. The second-order valence-corrected chi connectivity index (χ2v) is 6.12. The highest BCUT2D eigenvalue weighted by Gasteiger charge is 2.20. The predicted octanol–water partition coefficient (Wildman–Crippen LogP) is 2.93. The number of aromatic nitrogens is 1. The minimum atomic E-state index is -0.423. The van der Waals surface area contributed by atoms with Crippen molar-refractivity contribution in [2.24, 2.45) is 0 Å². The maximum absolute atomic E-state index is 12.3. The molecule has 0 saturated heterocycles. The Morgan fingerprint density at radius 3 is 2.79 bits per heavy atom. The fourth-order valence-corrected chi connectivity index (χ4v) is 2.91. The molecule has 1 aromatic carbocycles. The summed E-state index contributed by atoms with van der Waals surface area (Å²) >= 11 is 0. The number of fused-ring (bicyclic) bond motifs is 1. The number of benzene rings is 1. The van der Waals surface area contributed by atoms with E-state index in [1.807, 2.05) is 31.2 Å². The van der Waals surface area contributed by atoms with Gasteiger partial charge in [0.05, 0.1) is 4.92 Å². The Labute approximate surface area is 140 Å². The predicted molar refractivity (Wildman–Crippen MR) is 90.0 cm³/mol. The van der Waals surface area contributed by atoms with Gasteiger partial charge in [-0.2, -0.15) is 0 Å². The van der Waals surface area contributed by atoms with Gasteiger partial charge in [0.2, 0.25) is 0 Å². The summed E-state index contributed by atoms with van der Waals surface area (Å²) in [6.45, 7) is 4.06. The fraction of sp³-hybridized carbons (Fsp3) is 0.333. The Balaban J connectivity index is 1.61. The standard InChI is InChI=1S/C18H19N3O3/c1-13-2-4-14(5-3-13)18(22)7-9-20-8-6-17-15(12-20)10-16(11-19-17)21(23)24/h2-5,10-11H,6-9,12H2,1H3. The van der Waals surface area contributed by atoms with Crippen LogP contribution in [0.1, 0.15) is 33.6 Å². The number of carbonyl (C=O) groups is 1. The molecule has 0 aliphatic carbocycles. The molecule has 24 heavy (non-hydrogen) atoms. The molecule has 1 aliphatic heterocycles. The smallest absolute Gasteiger partial charge is 0.287 e. The van der Waals surface area contributed by atoms with Gasteiger partial charge in [-0.3, -0.25) is 24.8 Å². The molecular formula is C18H19N3O3. The van der Waals surface area contributed by atoms with Crippen molar-refractivity contribution >= 4 is 11.5 Å². The monoisotopic (exact) mass is 325 g/mol. The fourth-order valence-electron chi connectivity index (χ4n) is 2.91. The van der Waals surface area contributed by atoms with Gasteiger partial charge < -0.3 is 0 Å². The molecule has 0 amide bonds. The summed E-state index contributed by atoms with van der Waals surface area (Å²) in [5, 5.41) is 10.9. The normalized spacial score (nSPS) is 14.2. The first kappa shape index (κ1) is 16.3. The van der Waals surface area contributed by atoms with Crippen molar-refractivity contribution in [1.82, 2.24) is 9.88 Å². The van der Waals surface area contributed by atoms with Gasteiger partial charge in [0.1, 0.15) is 6.20 Å². The maximum atomic E-state index is 12.3.